The van der Waals surface area contributed by atoms with Crippen LogP contribution in [0.3, 0.4) is 0 Å². The second kappa shape index (κ2) is 6.13. The SMILES string of the molecule is CC(CCS(C)=O)NC1CCSC1C. The van der Waals surface area contributed by atoms with E-state index in [1.807, 2.05) is 11.8 Å². The molecule has 84 valence electrons. The molecule has 4 unspecified atom stereocenters. The minimum absolute atomic E-state index is 0.505. The van der Waals surface area contributed by atoms with Gasteiger partial charge >= 0.3 is 0 Å². The highest BCUT2D eigenvalue weighted by Gasteiger charge is 2.24. The quantitative estimate of drug-likeness (QED) is 0.785. The van der Waals surface area contributed by atoms with E-state index in [-0.39, 0.29) is 0 Å². The van der Waals surface area contributed by atoms with Gasteiger partial charge in [0.25, 0.3) is 0 Å². The minimum atomic E-state index is -0.643. The number of hydrogen-bond donors (Lipinski definition) is 1. The van der Waals surface area contributed by atoms with Crippen molar-refractivity contribution in [3.8, 4) is 0 Å². The summed E-state index contributed by atoms with van der Waals surface area (Å²) < 4.78 is 10.9. The van der Waals surface area contributed by atoms with Crippen molar-refractivity contribution >= 4 is 22.6 Å². The van der Waals surface area contributed by atoms with E-state index in [1.54, 1.807) is 6.26 Å². The van der Waals surface area contributed by atoms with Crippen LogP contribution < -0.4 is 5.32 Å². The van der Waals surface area contributed by atoms with Gasteiger partial charge in [-0.1, -0.05) is 6.92 Å². The van der Waals surface area contributed by atoms with E-state index in [0.717, 1.165) is 17.4 Å². The van der Waals surface area contributed by atoms with Crippen LogP contribution in [0.2, 0.25) is 0 Å². The van der Waals surface area contributed by atoms with Crippen molar-refractivity contribution in [2.75, 3.05) is 17.8 Å². The van der Waals surface area contributed by atoms with Crippen molar-refractivity contribution < 1.29 is 4.21 Å². The average molecular weight is 235 g/mol. The van der Waals surface area contributed by atoms with Gasteiger partial charge in [-0.3, -0.25) is 4.21 Å². The summed E-state index contributed by atoms with van der Waals surface area (Å²) in [6.07, 6.45) is 4.09. The summed E-state index contributed by atoms with van der Waals surface area (Å²) in [4.78, 5) is 0. The zero-order chi connectivity index (χ0) is 10.6. The highest BCUT2D eigenvalue weighted by atomic mass is 32.2. The van der Waals surface area contributed by atoms with Crippen LogP contribution in [0.15, 0.2) is 0 Å². The first-order chi connectivity index (χ1) is 6.59. The molecule has 0 saturated carbocycles. The molecule has 0 aromatic heterocycles. The van der Waals surface area contributed by atoms with Crippen molar-refractivity contribution in [3.63, 3.8) is 0 Å². The van der Waals surface area contributed by atoms with Gasteiger partial charge in [0.2, 0.25) is 0 Å². The summed E-state index contributed by atoms with van der Waals surface area (Å²) in [5, 5.41) is 4.37. The van der Waals surface area contributed by atoms with Gasteiger partial charge in [0.15, 0.2) is 0 Å². The highest BCUT2D eigenvalue weighted by molar-refractivity contribution is 8.00. The van der Waals surface area contributed by atoms with E-state index in [1.165, 1.54) is 12.2 Å². The summed E-state index contributed by atoms with van der Waals surface area (Å²) in [5.41, 5.74) is 0. The van der Waals surface area contributed by atoms with E-state index >= 15 is 0 Å². The Bertz CT molecular complexity index is 199. The van der Waals surface area contributed by atoms with Gasteiger partial charge in [0, 0.05) is 40.1 Å². The second-order valence-corrected chi connectivity index (χ2v) is 7.14. The Balaban J connectivity index is 2.19. The fraction of sp³-hybridized carbons (Fsp3) is 1.00. The van der Waals surface area contributed by atoms with E-state index in [9.17, 15) is 4.21 Å². The lowest BCUT2D eigenvalue weighted by Crippen LogP contribution is -2.40. The Kier molecular flexibility index (Phi) is 5.49. The smallest absolute Gasteiger partial charge is 0.0246 e. The van der Waals surface area contributed by atoms with E-state index in [4.69, 9.17) is 0 Å². The van der Waals surface area contributed by atoms with Crippen LogP contribution in [0.1, 0.15) is 26.7 Å². The van der Waals surface area contributed by atoms with Crippen molar-refractivity contribution in [2.45, 2.75) is 44.0 Å². The molecule has 2 nitrogen and oxygen atoms in total. The Hall–Kier alpha value is 0.460. The molecule has 0 radical (unpaired) electrons. The van der Waals surface area contributed by atoms with E-state index in [2.05, 4.69) is 19.2 Å². The average Bonchev–Trinajstić information content (AvgIpc) is 2.49. The monoisotopic (exact) mass is 235 g/mol. The normalized spacial score (nSPS) is 31.6. The van der Waals surface area contributed by atoms with Crippen LogP contribution in [0, 0.1) is 0 Å². The van der Waals surface area contributed by atoms with Gasteiger partial charge in [0.05, 0.1) is 0 Å². The van der Waals surface area contributed by atoms with Crippen LogP contribution in [0.5, 0.6) is 0 Å². The molecule has 0 bridgehead atoms. The van der Waals surface area contributed by atoms with Crippen LogP contribution in [0.25, 0.3) is 0 Å². The highest BCUT2D eigenvalue weighted by Crippen LogP contribution is 2.26. The van der Waals surface area contributed by atoms with Gasteiger partial charge < -0.3 is 5.32 Å². The Labute approximate surface area is 94.1 Å². The minimum Gasteiger partial charge on any atom is -0.310 e. The molecule has 1 saturated heterocycles. The second-order valence-electron chi connectivity index (χ2n) is 4.10. The molecule has 0 aromatic rings. The fourth-order valence-electron chi connectivity index (χ4n) is 1.74. The molecule has 1 heterocycles. The Morgan fingerprint density at radius 3 is 2.86 bits per heavy atom. The summed E-state index contributed by atoms with van der Waals surface area (Å²) >= 11 is 2.05. The number of rotatable bonds is 5. The maximum absolute atomic E-state index is 10.9. The molecule has 1 rings (SSSR count). The lowest BCUT2D eigenvalue weighted by atomic mass is 10.1. The zero-order valence-corrected chi connectivity index (χ0v) is 10.9. The third-order valence-electron chi connectivity index (χ3n) is 2.71. The molecule has 1 N–H and O–H groups in total. The standard InChI is InChI=1S/C10H21NOS2/c1-8(5-7-14(3)12)11-10-4-6-13-9(10)2/h8-11H,4-7H2,1-3H3. The molecule has 1 aliphatic heterocycles. The first kappa shape index (κ1) is 12.5. The largest absolute Gasteiger partial charge is 0.310 e. The number of hydrogen-bond acceptors (Lipinski definition) is 3. The van der Waals surface area contributed by atoms with Gasteiger partial charge in [-0.15, -0.1) is 0 Å². The first-order valence-electron chi connectivity index (χ1n) is 5.27. The van der Waals surface area contributed by atoms with Crippen molar-refractivity contribution in [1.29, 1.82) is 0 Å². The van der Waals surface area contributed by atoms with Gasteiger partial charge in [-0.25, -0.2) is 0 Å². The van der Waals surface area contributed by atoms with E-state index in [0.29, 0.717) is 12.1 Å². The van der Waals surface area contributed by atoms with Crippen LogP contribution in [0.4, 0.5) is 0 Å². The van der Waals surface area contributed by atoms with Crippen molar-refractivity contribution in [1.82, 2.24) is 5.32 Å². The lowest BCUT2D eigenvalue weighted by molar-refractivity contribution is 0.437. The molecule has 0 spiro atoms. The summed E-state index contributed by atoms with van der Waals surface area (Å²) in [5.74, 6) is 2.10. The molecule has 0 amide bonds. The van der Waals surface area contributed by atoms with Crippen LogP contribution in [-0.4, -0.2) is 39.3 Å². The topological polar surface area (TPSA) is 29.1 Å². The van der Waals surface area contributed by atoms with Crippen LogP contribution in [-0.2, 0) is 10.8 Å². The maximum Gasteiger partial charge on any atom is 0.0246 e. The fourth-order valence-corrected chi connectivity index (χ4v) is 3.64. The number of nitrogens with one attached hydrogen (secondary N) is 1. The maximum atomic E-state index is 10.9. The summed E-state index contributed by atoms with van der Waals surface area (Å²) in [6.45, 7) is 4.49. The van der Waals surface area contributed by atoms with Crippen LogP contribution >= 0.6 is 11.8 Å². The lowest BCUT2D eigenvalue weighted by Gasteiger charge is -2.21. The van der Waals surface area contributed by atoms with Crippen molar-refractivity contribution in [2.24, 2.45) is 0 Å². The predicted octanol–water partition coefficient (Wildman–Crippen LogP) is 1.63. The molecule has 1 aliphatic rings. The Morgan fingerprint density at radius 1 is 1.64 bits per heavy atom. The molecule has 0 aliphatic carbocycles. The number of thioether (sulfide) groups is 1. The third-order valence-corrected chi connectivity index (χ3v) is 4.85. The molecule has 14 heavy (non-hydrogen) atoms. The molecular weight excluding hydrogens is 214 g/mol. The first-order valence-corrected chi connectivity index (χ1v) is 8.05. The molecular formula is C10H21NOS2. The predicted molar refractivity (Wildman–Crippen MR) is 66.5 cm³/mol. The van der Waals surface area contributed by atoms with Crippen molar-refractivity contribution in [3.05, 3.63) is 0 Å². The molecule has 4 atom stereocenters. The van der Waals surface area contributed by atoms with Gasteiger partial charge in [-0.05, 0) is 25.5 Å². The Morgan fingerprint density at radius 2 is 2.36 bits per heavy atom. The third kappa shape index (κ3) is 4.32. The molecule has 1 fully saturated rings. The molecule has 0 aromatic carbocycles. The zero-order valence-electron chi connectivity index (χ0n) is 9.29. The van der Waals surface area contributed by atoms with Gasteiger partial charge in [0.1, 0.15) is 0 Å². The molecule has 4 heteroatoms. The summed E-state index contributed by atoms with van der Waals surface area (Å²) in [6, 6.07) is 1.17. The van der Waals surface area contributed by atoms with Gasteiger partial charge in [-0.2, -0.15) is 11.8 Å². The van der Waals surface area contributed by atoms with E-state index < -0.39 is 10.8 Å². The summed E-state index contributed by atoms with van der Waals surface area (Å²) in [7, 11) is -0.643.